The van der Waals surface area contributed by atoms with Gasteiger partial charge in [-0.05, 0) is 38.5 Å². The Hall–Kier alpha value is -3.27. The van der Waals surface area contributed by atoms with E-state index in [9.17, 15) is 18.4 Å². The number of hydrogen-bond donors (Lipinski definition) is 1. The van der Waals surface area contributed by atoms with Gasteiger partial charge in [0.15, 0.2) is 5.65 Å². The molecule has 0 aliphatic rings. The molecule has 0 saturated carbocycles. The molecule has 0 fully saturated rings. The fourth-order valence-corrected chi connectivity index (χ4v) is 3.21. The second-order valence-corrected chi connectivity index (χ2v) is 7.77. The molecule has 0 radical (unpaired) electrons. The molecule has 2 aromatic heterocycles. The second-order valence-electron chi connectivity index (χ2n) is 7.39. The van der Waals surface area contributed by atoms with E-state index in [-0.39, 0.29) is 35.2 Å². The first kappa shape index (κ1) is 24.4. The maximum absolute atomic E-state index is 13.4. The Morgan fingerprint density at radius 3 is 2.73 bits per heavy atom. The molecule has 33 heavy (non-hydrogen) atoms. The van der Waals surface area contributed by atoms with E-state index < -0.39 is 18.1 Å². The van der Waals surface area contributed by atoms with E-state index >= 15 is 0 Å². The molecule has 0 aliphatic carbocycles. The number of amides is 1. The van der Waals surface area contributed by atoms with Crippen molar-refractivity contribution >= 4 is 28.5 Å². The van der Waals surface area contributed by atoms with Crippen molar-refractivity contribution in [2.75, 3.05) is 12.5 Å². The molecule has 0 unspecified atom stereocenters. The van der Waals surface area contributed by atoms with E-state index in [0.717, 1.165) is 0 Å². The summed E-state index contributed by atoms with van der Waals surface area (Å²) in [6.07, 6.45) is 2.05. The van der Waals surface area contributed by atoms with Gasteiger partial charge in [0, 0.05) is 17.5 Å². The minimum Gasteiger partial charge on any atom is -0.492 e. The van der Waals surface area contributed by atoms with Crippen molar-refractivity contribution in [3.8, 4) is 22.9 Å². The van der Waals surface area contributed by atoms with E-state index in [2.05, 4.69) is 20.0 Å². The summed E-state index contributed by atoms with van der Waals surface area (Å²) in [5, 5.41) is 2.88. The monoisotopic (exact) mass is 480 g/mol. The van der Waals surface area contributed by atoms with Gasteiger partial charge in [-0.25, -0.2) is 9.97 Å². The van der Waals surface area contributed by atoms with Crippen LogP contribution >= 0.6 is 11.6 Å². The van der Waals surface area contributed by atoms with Crippen LogP contribution in [0.2, 0.25) is 0 Å². The maximum atomic E-state index is 13.4. The van der Waals surface area contributed by atoms with Gasteiger partial charge in [0.05, 0.1) is 18.2 Å². The second kappa shape index (κ2) is 11.0. The van der Waals surface area contributed by atoms with E-state index in [0.29, 0.717) is 30.2 Å². The van der Waals surface area contributed by atoms with Crippen LogP contribution in [0, 0.1) is 0 Å². The largest absolute Gasteiger partial charge is 0.492 e. The molecule has 0 spiro atoms. The minimum absolute atomic E-state index is 0.0921. The lowest BCUT2D eigenvalue weighted by Gasteiger charge is -2.15. The number of alkyl halides is 3. The van der Waals surface area contributed by atoms with Gasteiger partial charge in [0.25, 0.3) is 5.56 Å². The molecule has 0 atom stereocenters. The smallest absolute Gasteiger partial charge is 0.387 e. The number of pyridine rings is 1. The average Bonchev–Trinajstić information content (AvgIpc) is 2.75. The van der Waals surface area contributed by atoms with Gasteiger partial charge >= 0.3 is 6.61 Å². The third-order valence-corrected chi connectivity index (χ3v) is 4.67. The van der Waals surface area contributed by atoms with Crippen molar-refractivity contribution in [3.63, 3.8) is 0 Å². The van der Waals surface area contributed by atoms with Gasteiger partial charge in [0.2, 0.25) is 5.91 Å². The number of halogens is 3. The summed E-state index contributed by atoms with van der Waals surface area (Å²) in [5.74, 6) is 0.375. The Labute approximate surface area is 193 Å². The number of benzene rings is 1. The Morgan fingerprint density at radius 2 is 2.03 bits per heavy atom. The summed E-state index contributed by atoms with van der Waals surface area (Å²) in [6.45, 7) is 0.596. The zero-order valence-electron chi connectivity index (χ0n) is 18.1. The lowest BCUT2D eigenvalue weighted by Crippen LogP contribution is -2.37. The Bertz CT molecular complexity index is 1190. The number of carbonyl (C=O) groups is 1. The van der Waals surface area contributed by atoms with Crippen LogP contribution in [0.5, 0.6) is 11.5 Å². The molecule has 1 aromatic carbocycles. The third-order valence-electron chi connectivity index (χ3n) is 4.40. The molecule has 1 N–H and O–H groups in total. The summed E-state index contributed by atoms with van der Waals surface area (Å²) in [6, 6.07) is 7.10. The molecule has 11 heteroatoms. The molecule has 2 heterocycles. The van der Waals surface area contributed by atoms with Crippen molar-refractivity contribution in [2.45, 2.75) is 39.5 Å². The number of fused-ring (bicyclic) bond motifs is 1. The summed E-state index contributed by atoms with van der Waals surface area (Å²) in [5.41, 5.74) is -0.0847. The number of nitrogens with zero attached hydrogens (tertiary/aromatic N) is 3. The molecule has 1 amide bonds. The summed E-state index contributed by atoms with van der Waals surface area (Å²) in [7, 11) is 0. The van der Waals surface area contributed by atoms with Crippen molar-refractivity contribution in [1.29, 1.82) is 0 Å². The zero-order chi connectivity index (χ0) is 24.0. The van der Waals surface area contributed by atoms with Crippen LogP contribution in [0.4, 0.5) is 8.78 Å². The molecule has 3 aromatic rings. The molecule has 8 nitrogen and oxygen atoms in total. The number of rotatable bonds is 10. The predicted molar refractivity (Wildman–Crippen MR) is 120 cm³/mol. The summed E-state index contributed by atoms with van der Waals surface area (Å²) in [4.78, 5) is 34.5. The van der Waals surface area contributed by atoms with Gasteiger partial charge in [-0.3, -0.25) is 14.2 Å². The van der Waals surface area contributed by atoms with Crippen LogP contribution < -0.4 is 20.3 Å². The number of hydrogen-bond acceptors (Lipinski definition) is 6. The Kier molecular flexibility index (Phi) is 8.16. The van der Waals surface area contributed by atoms with Crippen LogP contribution in [-0.2, 0) is 11.3 Å². The zero-order valence-corrected chi connectivity index (χ0v) is 18.8. The van der Waals surface area contributed by atoms with Crippen LogP contribution in [0.1, 0.15) is 20.3 Å². The normalized spacial score (nSPS) is 11.2. The standard InChI is InChI=1S/C22H23ClF2N4O4/c1-13(2)27-18(30)12-29-20(14-5-3-6-15(9-14)33-22(24)25)28-19-17(21(29)31)10-16(11-26-19)32-8-4-7-23/h3,5-6,9-11,13,22H,4,7-8,12H2,1-2H3,(H,27,30). The molecule has 0 aliphatic heterocycles. The van der Waals surface area contributed by atoms with Crippen molar-refractivity contribution in [3.05, 3.63) is 46.9 Å². The lowest BCUT2D eigenvalue weighted by molar-refractivity contribution is -0.122. The van der Waals surface area contributed by atoms with Gasteiger partial charge in [-0.1, -0.05) is 12.1 Å². The highest BCUT2D eigenvalue weighted by molar-refractivity contribution is 6.17. The third kappa shape index (κ3) is 6.38. The van der Waals surface area contributed by atoms with Crippen molar-refractivity contribution < 1.29 is 23.0 Å². The maximum Gasteiger partial charge on any atom is 0.387 e. The van der Waals surface area contributed by atoms with Crippen LogP contribution in [0.3, 0.4) is 0 Å². The molecular weight excluding hydrogens is 458 g/mol. The minimum atomic E-state index is -3.01. The van der Waals surface area contributed by atoms with Crippen LogP contribution in [0.15, 0.2) is 41.3 Å². The topological polar surface area (TPSA) is 95.3 Å². The van der Waals surface area contributed by atoms with Crippen LogP contribution in [0.25, 0.3) is 22.4 Å². The highest BCUT2D eigenvalue weighted by Gasteiger charge is 2.18. The number of carbonyl (C=O) groups excluding carboxylic acids is 1. The van der Waals surface area contributed by atoms with Crippen LogP contribution in [-0.4, -0.2) is 45.6 Å². The Morgan fingerprint density at radius 1 is 1.24 bits per heavy atom. The van der Waals surface area contributed by atoms with E-state index in [1.807, 2.05) is 0 Å². The predicted octanol–water partition coefficient (Wildman–Crippen LogP) is 3.59. The first-order valence-electron chi connectivity index (χ1n) is 10.2. The molecular formula is C22H23ClF2N4O4. The van der Waals surface area contributed by atoms with Crippen molar-refractivity contribution in [1.82, 2.24) is 19.9 Å². The highest BCUT2D eigenvalue weighted by atomic mass is 35.5. The highest BCUT2D eigenvalue weighted by Crippen LogP contribution is 2.25. The fourth-order valence-electron chi connectivity index (χ4n) is 3.10. The Balaban J connectivity index is 2.12. The number of ether oxygens (including phenoxy) is 2. The van der Waals surface area contributed by atoms with Gasteiger partial charge in [-0.2, -0.15) is 8.78 Å². The quantitative estimate of drug-likeness (QED) is 0.352. The first-order chi connectivity index (χ1) is 15.8. The molecule has 0 bridgehead atoms. The molecule has 3 rings (SSSR count). The lowest BCUT2D eigenvalue weighted by atomic mass is 10.2. The molecule has 0 saturated heterocycles. The summed E-state index contributed by atoms with van der Waals surface area (Å²) >= 11 is 5.66. The number of nitrogens with one attached hydrogen (secondary N) is 1. The number of aromatic nitrogens is 3. The van der Waals surface area contributed by atoms with Crippen molar-refractivity contribution in [2.24, 2.45) is 0 Å². The van der Waals surface area contributed by atoms with E-state index in [1.165, 1.54) is 35.0 Å². The first-order valence-corrected chi connectivity index (χ1v) is 10.8. The summed E-state index contributed by atoms with van der Waals surface area (Å²) < 4.78 is 36.5. The van der Waals surface area contributed by atoms with E-state index in [4.69, 9.17) is 16.3 Å². The average molecular weight is 481 g/mol. The van der Waals surface area contributed by atoms with Gasteiger partial charge < -0.3 is 14.8 Å². The fraction of sp³-hybridized carbons (Fsp3) is 0.364. The van der Waals surface area contributed by atoms with Gasteiger partial charge in [0.1, 0.15) is 23.9 Å². The van der Waals surface area contributed by atoms with Gasteiger partial charge in [-0.15, -0.1) is 11.6 Å². The van der Waals surface area contributed by atoms with E-state index in [1.54, 1.807) is 19.9 Å². The SMILES string of the molecule is CC(C)NC(=O)Cn1c(-c2cccc(OC(F)F)c2)nc2ncc(OCCCCl)cc2c1=O. The molecule has 176 valence electrons.